The van der Waals surface area contributed by atoms with E-state index in [1.54, 1.807) is 42.6 Å². The first-order valence-corrected chi connectivity index (χ1v) is 10.7. The van der Waals surface area contributed by atoms with Crippen LogP contribution >= 0.6 is 11.6 Å². The largest absolute Gasteiger partial charge is 0.481 e. The summed E-state index contributed by atoms with van der Waals surface area (Å²) in [6, 6.07) is 13.3. The number of hydrogen-bond donors (Lipinski definition) is 1. The van der Waals surface area contributed by atoms with E-state index in [-0.39, 0.29) is 22.9 Å². The van der Waals surface area contributed by atoms with Gasteiger partial charge in [0.15, 0.2) is 0 Å². The fourth-order valence-electron chi connectivity index (χ4n) is 3.35. The Morgan fingerprint density at radius 1 is 1.14 bits per heavy atom. The SMILES string of the molecule is O=C(O)CCCc1cc2nc(Cl)ccc2n1S(=O)(=O)c1cccc2cccnc12. The summed E-state index contributed by atoms with van der Waals surface area (Å²) in [6.07, 6.45) is 2.04. The molecule has 0 aliphatic heterocycles. The number of aromatic nitrogens is 3. The normalized spacial score (nSPS) is 11.9. The minimum atomic E-state index is -4.02. The first-order chi connectivity index (χ1) is 13.9. The molecule has 148 valence electrons. The highest BCUT2D eigenvalue weighted by molar-refractivity contribution is 7.90. The van der Waals surface area contributed by atoms with Gasteiger partial charge in [-0.15, -0.1) is 0 Å². The third-order valence-electron chi connectivity index (χ3n) is 4.59. The maximum atomic E-state index is 13.7. The van der Waals surface area contributed by atoms with Gasteiger partial charge in [0.2, 0.25) is 0 Å². The molecule has 7 nitrogen and oxygen atoms in total. The van der Waals surface area contributed by atoms with Crippen molar-refractivity contribution in [1.29, 1.82) is 0 Å². The van der Waals surface area contributed by atoms with Gasteiger partial charge in [0.25, 0.3) is 10.0 Å². The number of aryl methyl sites for hydroxylation is 1. The number of para-hydroxylation sites is 1. The second-order valence-electron chi connectivity index (χ2n) is 6.52. The summed E-state index contributed by atoms with van der Waals surface area (Å²) in [6.45, 7) is 0. The van der Waals surface area contributed by atoms with Crippen molar-refractivity contribution in [3.63, 3.8) is 0 Å². The molecule has 1 N–H and O–H groups in total. The molecule has 4 rings (SSSR count). The number of benzene rings is 1. The number of fused-ring (bicyclic) bond motifs is 2. The van der Waals surface area contributed by atoms with Crippen LogP contribution in [0.3, 0.4) is 0 Å². The van der Waals surface area contributed by atoms with E-state index in [9.17, 15) is 13.2 Å². The molecule has 0 unspecified atom stereocenters. The topological polar surface area (TPSA) is 102 Å². The van der Waals surface area contributed by atoms with Crippen LogP contribution in [-0.2, 0) is 21.2 Å². The lowest BCUT2D eigenvalue weighted by Crippen LogP contribution is -2.16. The summed E-state index contributed by atoms with van der Waals surface area (Å²) in [5.41, 5.74) is 1.63. The molecule has 29 heavy (non-hydrogen) atoms. The predicted octanol–water partition coefficient (Wildman–Crippen LogP) is 3.88. The van der Waals surface area contributed by atoms with Crippen LogP contribution in [-0.4, -0.2) is 33.4 Å². The Morgan fingerprint density at radius 3 is 2.72 bits per heavy atom. The van der Waals surface area contributed by atoms with Crippen LogP contribution in [0.15, 0.2) is 59.6 Å². The Hall–Kier alpha value is -2.97. The minimum Gasteiger partial charge on any atom is -0.481 e. The smallest absolute Gasteiger partial charge is 0.303 e. The van der Waals surface area contributed by atoms with Crippen molar-refractivity contribution >= 4 is 49.5 Å². The van der Waals surface area contributed by atoms with Crippen LogP contribution in [0, 0.1) is 0 Å². The van der Waals surface area contributed by atoms with Crippen molar-refractivity contribution < 1.29 is 18.3 Å². The molecule has 0 radical (unpaired) electrons. The molecule has 0 spiro atoms. The number of carboxylic acids is 1. The summed E-state index contributed by atoms with van der Waals surface area (Å²) in [4.78, 5) is 19.4. The minimum absolute atomic E-state index is 0.0639. The third kappa shape index (κ3) is 3.56. The number of pyridine rings is 2. The summed E-state index contributed by atoms with van der Waals surface area (Å²) < 4.78 is 28.6. The lowest BCUT2D eigenvalue weighted by molar-refractivity contribution is -0.137. The van der Waals surface area contributed by atoms with Crippen molar-refractivity contribution in [3.8, 4) is 0 Å². The van der Waals surface area contributed by atoms with E-state index in [0.717, 1.165) is 0 Å². The van der Waals surface area contributed by atoms with Gasteiger partial charge in [-0.05, 0) is 43.2 Å². The average molecular weight is 430 g/mol. The van der Waals surface area contributed by atoms with E-state index in [2.05, 4.69) is 9.97 Å². The van der Waals surface area contributed by atoms with Crippen LogP contribution < -0.4 is 0 Å². The summed E-state index contributed by atoms with van der Waals surface area (Å²) in [7, 11) is -4.02. The molecule has 0 amide bonds. The second-order valence-corrected chi connectivity index (χ2v) is 8.66. The standard InChI is InChI=1S/C20H16ClN3O4S/c21-18-10-9-16-15(23-18)12-14(6-2-8-19(25)26)24(16)29(27,28)17-7-1-4-13-5-3-11-22-20(13)17/h1,3-5,7,9-12H,2,6,8H2,(H,25,26). The van der Waals surface area contributed by atoms with Gasteiger partial charge >= 0.3 is 5.97 Å². The molecule has 1 aromatic carbocycles. The van der Waals surface area contributed by atoms with E-state index in [4.69, 9.17) is 16.7 Å². The Bertz CT molecular complexity index is 1340. The van der Waals surface area contributed by atoms with Gasteiger partial charge in [-0.2, -0.15) is 0 Å². The van der Waals surface area contributed by atoms with Crippen molar-refractivity contribution in [1.82, 2.24) is 13.9 Å². The molecule has 0 bridgehead atoms. The van der Waals surface area contributed by atoms with Crippen LogP contribution in [0.4, 0.5) is 0 Å². The molecule has 0 saturated carbocycles. The molecule has 3 aromatic heterocycles. The van der Waals surface area contributed by atoms with Crippen molar-refractivity contribution in [3.05, 3.63) is 65.6 Å². The summed E-state index contributed by atoms with van der Waals surface area (Å²) in [5.74, 6) is -0.935. The van der Waals surface area contributed by atoms with E-state index in [1.165, 1.54) is 16.1 Å². The average Bonchev–Trinajstić information content (AvgIpc) is 3.05. The number of carbonyl (C=O) groups is 1. The Balaban J connectivity index is 1.94. The molecule has 0 fully saturated rings. The fraction of sp³-hybridized carbons (Fsp3) is 0.150. The maximum absolute atomic E-state index is 13.7. The maximum Gasteiger partial charge on any atom is 0.303 e. The summed E-state index contributed by atoms with van der Waals surface area (Å²) >= 11 is 5.98. The highest BCUT2D eigenvalue weighted by Crippen LogP contribution is 2.29. The first-order valence-electron chi connectivity index (χ1n) is 8.86. The highest BCUT2D eigenvalue weighted by Gasteiger charge is 2.26. The zero-order chi connectivity index (χ0) is 20.6. The van der Waals surface area contributed by atoms with Gasteiger partial charge in [-0.3, -0.25) is 9.78 Å². The monoisotopic (exact) mass is 429 g/mol. The van der Waals surface area contributed by atoms with E-state index in [1.807, 2.05) is 0 Å². The number of hydrogen-bond acceptors (Lipinski definition) is 5. The Morgan fingerprint density at radius 2 is 1.93 bits per heavy atom. The van der Waals surface area contributed by atoms with Gasteiger partial charge in [0.05, 0.1) is 16.6 Å². The third-order valence-corrected chi connectivity index (χ3v) is 6.60. The molecular formula is C20H16ClN3O4S. The molecule has 0 atom stereocenters. The van der Waals surface area contributed by atoms with E-state index >= 15 is 0 Å². The molecule has 0 aliphatic carbocycles. The fourth-order valence-corrected chi connectivity index (χ4v) is 5.24. The van der Waals surface area contributed by atoms with E-state index in [0.29, 0.717) is 34.1 Å². The zero-order valence-electron chi connectivity index (χ0n) is 15.1. The number of aliphatic carboxylic acids is 1. The summed E-state index contributed by atoms with van der Waals surface area (Å²) in [5, 5.41) is 9.88. The highest BCUT2D eigenvalue weighted by atomic mass is 35.5. The second kappa shape index (κ2) is 7.46. The molecular weight excluding hydrogens is 414 g/mol. The van der Waals surface area contributed by atoms with Crippen molar-refractivity contribution in [2.24, 2.45) is 0 Å². The van der Waals surface area contributed by atoms with Crippen LogP contribution in [0.2, 0.25) is 5.15 Å². The molecule has 0 saturated heterocycles. The Kier molecular flexibility index (Phi) is 4.97. The van der Waals surface area contributed by atoms with Crippen LogP contribution in [0.5, 0.6) is 0 Å². The zero-order valence-corrected chi connectivity index (χ0v) is 16.7. The van der Waals surface area contributed by atoms with Crippen LogP contribution in [0.25, 0.3) is 21.9 Å². The molecule has 9 heteroatoms. The van der Waals surface area contributed by atoms with Gasteiger partial charge in [-0.25, -0.2) is 17.4 Å². The van der Waals surface area contributed by atoms with Crippen LogP contribution in [0.1, 0.15) is 18.5 Å². The lowest BCUT2D eigenvalue weighted by atomic mass is 10.2. The Labute approximate surface area is 171 Å². The number of halogens is 1. The van der Waals surface area contributed by atoms with Crippen molar-refractivity contribution in [2.75, 3.05) is 0 Å². The number of nitrogens with zero attached hydrogens (tertiary/aromatic N) is 3. The first kappa shape index (κ1) is 19.4. The molecule has 3 heterocycles. The van der Waals surface area contributed by atoms with Crippen molar-refractivity contribution in [2.45, 2.75) is 24.2 Å². The van der Waals surface area contributed by atoms with Gasteiger partial charge < -0.3 is 5.11 Å². The predicted molar refractivity (Wildman–Crippen MR) is 110 cm³/mol. The molecule has 4 aromatic rings. The van der Waals surface area contributed by atoms with E-state index < -0.39 is 16.0 Å². The van der Waals surface area contributed by atoms with Gasteiger partial charge in [0.1, 0.15) is 10.0 Å². The van der Waals surface area contributed by atoms with Gasteiger partial charge in [-0.1, -0.05) is 29.8 Å². The molecule has 0 aliphatic rings. The lowest BCUT2D eigenvalue weighted by Gasteiger charge is -2.13. The quantitative estimate of drug-likeness (QED) is 0.466. The van der Waals surface area contributed by atoms with Gasteiger partial charge in [0, 0.05) is 23.7 Å². The number of rotatable bonds is 6. The number of carboxylic acid groups (broad SMARTS) is 1.